The van der Waals surface area contributed by atoms with Gasteiger partial charge in [-0.2, -0.15) is 0 Å². The van der Waals surface area contributed by atoms with Crippen LogP contribution in [0, 0.1) is 5.92 Å². The van der Waals surface area contributed by atoms with Crippen LogP contribution in [-0.4, -0.2) is 29.4 Å². The van der Waals surface area contributed by atoms with Crippen LogP contribution in [0.2, 0.25) is 0 Å². The summed E-state index contributed by atoms with van der Waals surface area (Å²) in [5.41, 5.74) is 1.84. The van der Waals surface area contributed by atoms with E-state index in [0.717, 1.165) is 23.6 Å². The van der Waals surface area contributed by atoms with E-state index in [1.165, 1.54) is 0 Å². The van der Waals surface area contributed by atoms with Gasteiger partial charge in [0.25, 0.3) is 0 Å². The van der Waals surface area contributed by atoms with E-state index in [-0.39, 0.29) is 11.5 Å². The molecule has 24 heavy (non-hydrogen) atoms. The van der Waals surface area contributed by atoms with Gasteiger partial charge in [-0.15, -0.1) is 0 Å². The van der Waals surface area contributed by atoms with Crippen LogP contribution in [0.15, 0.2) is 53.5 Å². The number of hydrogen-bond acceptors (Lipinski definition) is 5. The fourth-order valence-corrected chi connectivity index (χ4v) is 2.86. The Balaban J connectivity index is 1.96. The van der Waals surface area contributed by atoms with Gasteiger partial charge >= 0.3 is 0 Å². The van der Waals surface area contributed by atoms with Gasteiger partial charge in [0.15, 0.2) is 0 Å². The van der Waals surface area contributed by atoms with E-state index in [1.807, 2.05) is 24.3 Å². The average molecular weight is 325 g/mol. The third-order valence-corrected chi connectivity index (χ3v) is 4.38. The molecule has 0 amide bonds. The van der Waals surface area contributed by atoms with Crippen molar-refractivity contribution in [1.29, 1.82) is 0 Å². The Morgan fingerprint density at radius 2 is 1.67 bits per heavy atom. The molecule has 1 atom stereocenters. The van der Waals surface area contributed by atoms with Crippen molar-refractivity contribution < 1.29 is 10.2 Å². The van der Waals surface area contributed by atoms with Gasteiger partial charge in [-0.1, -0.05) is 26.0 Å². The number of phenols is 2. The summed E-state index contributed by atoms with van der Waals surface area (Å²) in [6.07, 6.45) is 1.00. The number of nitrogens with zero attached hydrogens (tertiary/aromatic N) is 3. The highest BCUT2D eigenvalue weighted by atomic mass is 16.3. The fraction of sp³-hybridized carbons (Fsp3) is 0.316. The van der Waals surface area contributed by atoms with Gasteiger partial charge in [0.05, 0.1) is 6.67 Å². The molecule has 1 heterocycles. The summed E-state index contributed by atoms with van der Waals surface area (Å²) in [5.74, 6) is 1.84. The molecule has 1 aliphatic heterocycles. The van der Waals surface area contributed by atoms with E-state index in [0.29, 0.717) is 19.3 Å². The molecular formula is C19H23N3O2. The molecule has 5 nitrogen and oxygen atoms in total. The van der Waals surface area contributed by atoms with E-state index >= 15 is 0 Å². The lowest BCUT2D eigenvalue weighted by molar-refractivity contribution is 0.475. The van der Waals surface area contributed by atoms with Gasteiger partial charge in [-0.25, -0.2) is 0 Å². The lowest BCUT2D eigenvalue weighted by Crippen LogP contribution is -2.48. The maximum atomic E-state index is 9.83. The number of rotatable bonds is 4. The molecule has 126 valence electrons. The zero-order valence-electron chi connectivity index (χ0n) is 14.1. The molecule has 0 saturated carbocycles. The molecule has 1 unspecified atom stereocenters. The normalized spacial score (nSPS) is 16.0. The summed E-state index contributed by atoms with van der Waals surface area (Å²) < 4.78 is 0. The molecule has 3 rings (SSSR count). The van der Waals surface area contributed by atoms with Crippen LogP contribution < -0.4 is 9.80 Å². The van der Waals surface area contributed by atoms with Crippen LogP contribution in [0.25, 0.3) is 0 Å². The molecule has 0 spiro atoms. The molecule has 1 aliphatic rings. The highest BCUT2D eigenvalue weighted by molar-refractivity contribution is 6.00. The first-order valence-electron chi connectivity index (χ1n) is 8.23. The molecule has 0 aliphatic carbocycles. The quantitative estimate of drug-likeness (QED) is 0.898. The van der Waals surface area contributed by atoms with Crippen molar-refractivity contribution in [2.75, 3.05) is 23.1 Å². The predicted octanol–water partition coefficient (Wildman–Crippen LogP) is 3.78. The van der Waals surface area contributed by atoms with Gasteiger partial charge in [-0.05, 0) is 30.7 Å². The molecule has 0 fully saturated rings. The number of amidine groups is 1. The van der Waals surface area contributed by atoms with Gasteiger partial charge in [0.2, 0.25) is 0 Å². The van der Waals surface area contributed by atoms with E-state index in [9.17, 15) is 10.2 Å². The number of hydrogen-bond donors (Lipinski definition) is 2. The van der Waals surface area contributed by atoms with Crippen LogP contribution in [0.5, 0.6) is 11.5 Å². The summed E-state index contributed by atoms with van der Waals surface area (Å²) in [7, 11) is 0. The summed E-state index contributed by atoms with van der Waals surface area (Å²) in [6.45, 7) is 5.49. The van der Waals surface area contributed by atoms with E-state index < -0.39 is 0 Å². The van der Waals surface area contributed by atoms with Gasteiger partial charge in [0.1, 0.15) is 24.0 Å². The van der Waals surface area contributed by atoms with E-state index in [4.69, 9.17) is 4.99 Å². The zero-order valence-corrected chi connectivity index (χ0v) is 14.1. The summed E-state index contributed by atoms with van der Waals surface area (Å²) in [4.78, 5) is 9.00. The van der Waals surface area contributed by atoms with Crippen LogP contribution in [0.4, 0.5) is 11.4 Å². The smallest absolute Gasteiger partial charge is 0.117 e. The van der Waals surface area contributed by atoms with Gasteiger partial charge in [0, 0.05) is 29.4 Å². The minimum atomic E-state index is 0.241. The van der Waals surface area contributed by atoms with Crippen molar-refractivity contribution in [2.24, 2.45) is 10.9 Å². The summed E-state index contributed by atoms with van der Waals surface area (Å²) >= 11 is 0. The minimum absolute atomic E-state index is 0.241. The molecule has 2 aromatic rings. The van der Waals surface area contributed by atoms with Crippen molar-refractivity contribution in [3.05, 3.63) is 48.5 Å². The lowest BCUT2D eigenvalue weighted by Gasteiger charge is -2.39. The Morgan fingerprint density at radius 3 is 2.29 bits per heavy atom. The van der Waals surface area contributed by atoms with Crippen molar-refractivity contribution in [3.63, 3.8) is 0 Å². The van der Waals surface area contributed by atoms with Gasteiger partial charge in [-0.3, -0.25) is 4.99 Å². The first-order chi connectivity index (χ1) is 11.6. The Kier molecular flexibility index (Phi) is 4.60. The molecular weight excluding hydrogens is 302 g/mol. The molecule has 5 heteroatoms. The molecule has 2 N–H and O–H groups in total. The van der Waals surface area contributed by atoms with E-state index in [1.54, 1.807) is 24.3 Å². The summed E-state index contributed by atoms with van der Waals surface area (Å²) in [6, 6.07) is 14.4. The second-order valence-electron chi connectivity index (χ2n) is 6.12. The third-order valence-electron chi connectivity index (χ3n) is 4.38. The van der Waals surface area contributed by atoms with Crippen molar-refractivity contribution >= 4 is 17.2 Å². The van der Waals surface area contributed by atoms with Crippen molar-refractivity contribution in [3.8, 4) is 11.5 Å². The highest BCUT2D eigenvalue weighted by Gasteiger charge is 2.25. The monoisotopic (exact) mass is 325 g/mol. The SMILES string of the molecule is CCC(C)C1=NCN(c2cccc(O)c2)CN1c1cccc(O)c1. The maximum Gasteiger partial charge on any atom is 0.117 e. The number of phenolic OH excluding ortho intramolecular Hbond substituents is 2. The predicted molar refractivity (Wildman–Crippen MR) is 97.8 cm³/mol. The largest absolute Gasteiger partial charge is 0.508 e. The second kappa shape index (κ2) is 6.83. The highest BCUT2D eigenvalue weighted by Crippen LogP contribution is 2.28. The molecule has 0 aromatic heterocycles. The molecule has 0 saturated heterocycles. The Hall–Kier alpha value is -2.69. The Labute approximate surface area is 142 Å². The topological polar surface area (TPSA) is 59.3 Å². The Morgan fingerprint density at radius 1 is 1.04 bits per heavy atom. The van der Waals surface area contributed by atoms with Crippen LogP contribution in [-0.2, 0) is 0 Å². The minimum Gasteiger partial charge on any atom is -0.508 e. The standard InChI is InChI=1S/C19H23N3O2/c1-3-14(2)19-20-12-21(15-6-4-8-17(23)10-15)13-22(19)16-7-5-9-18(24)11-16/h4-11,14,23-24H,3,12-13H2,1-2H3. The van der Waals surface area contributed by atoms with Crippen LogP contribution in [0.3, 0.4) is 0 Å². The van der Waals surface area contributed by atoms with Crippen molar-refractivity contribution in [2.45, 2.75) is 20.3 Å². The average Bonchev–Trinajstić information content (AvgIpc) is 2.60. The Bertz CT molecular complexity index is 745. The van der Waals surface area contributed by atoms with Gasteiger partial charge < -0.3 is 20.0 Å². The molecule has 0 radical (unpaired) electrons. The lowest BCUT2D eigenvalue weighted by atomic mass is 10.1. The fourth-order valence-electron chi connectivity index (χ4n) is 2.86. The second-order valence-corrected chi connectivity index (χ2v) is 6.12. The number of aliphatic imine (C=N–C) groups is 1. The summed E-state index contributed by atoms with van der Waals surface area (Å²) in [5, 5.41) is 19.6. The maximum absolute atomic E-state index is 9.83. The molecule has 2 aromatic carbocycles. The first-order valence-corrected chi connectivity index (χ1v) is 8.23. The van der Waals surface area contributed by atoms with Crippen molar-refractivity contribution in [1.82, 2.24) is 0 Å². The zero-order chi connectivity index (χ0) is 17.1. The van der Waals surface area contributed by atoms with Crippen LogP contribution in [0.1, 0.15) is 20.3 Å². The molecule has 0 bridgehead atoms. The third kappa shape index (κ3) is 3.30. The first kappa shape index (κ1) is 16.2. The van der Waals surface area contributed by atoms with E-state index in [2.05, 4.69) is 23.6 Å². The van der Waals surface area contributed by atoms with Crippen LogP contribution >= 0.6 is 0 Å². The number of benzene rings is 2. The number of anilines is 2. The number of aromatic hydroxyl groups is 2.